The molecule has 0 amide bonds. The lowest BCUT2D eigenvalue weighted by molar-refractivity contribution is 0.110. The second kappa shape index (κ2) is 9.72. The van der Waals surface area contributed by atoms with Gasteiger partial charge < -0.3 is 9.47 Å². The van der Waals surface area contributed by atoms with E-state index in [0.29, 0.717) is 29.4 Å². The summed E-state index contributed by atoms with van der Waals surface area (Å²) < 4.78 is 25.9. The number of methoxy groups -OCH3 is 2. The molecule has 0 radical (unpaired) electrons. The minimum atomic E-state index is -0.586. The summed E-state index contributed by atoms with van der Waals surface area (Å²) in [4.78, 5) is 38.8. The highest BCUT2D eigenvalue weighted by atomic mass is 35.5. The maximum Gasteiger partial charge on any atom is 0.243 e. The molecule has 0 N–H and O–H groups in total. The van der Waals surface area contributed by atoms with Gasteiger partial charge >= 0.3 is 0 Å². The summed E-state index contributed by atoms with van der Waals surface area (Å²) in [6.07, 6.45) is 3.73. The summed E-state index contributed by atoms with van der Waals surface area (Å²) in [7, 11) is 2.72. The predicted octanol–water partition coefficient (Wildman–Crippen LogP) is 4.70. The van der Waals surface area contributed by atoms with Gasteiger partial charge in [-0.3, -0.25) is 9.59 Å². The second-order valence-corrected chi connectivity index (χ2v) is 7.25. The van der Waals surface area contributed by atoms with Crippen molar-refractivity contribution in [1.82, 2.24) is 19.9 Å². The van der Waals surface area contributed by atoms with Gasteiger partial charge in [0.1, 0.15) is 5.82 Å². The number of nitrogens with zero attached hydrogens (tertiary/aromatic N) is 4. The topological polar surface area (TPSA) is 104 Å². The molecule has 0 aliphatic rings. The minimum Gasteiger partial charge on any atom is -0.479 e. The second-order valence-electron chi connectivity index (χ2n) is 6.87. The number of hydrogen-bond donors (Lipinski definition) is 0. The predicted molar refractivity (Wildman–Crippen MR) is 123 cm³/mol. The van der Waals surface area contributed by atoms with Crippen LogP contribution in [0.4, 0.5) is 4.39 Å². The van der Waals surface area contributed by atoms with Gasteiger partial charge in [0.2, 0.25) is 11.8 Å². The summed E-state index contributed by atoms with van der Waals surface area (Å²) >= 11 is 6.67. The number of hydrogen-bond acceptors (Lipinski definition) is 8. The van der Waals surface area contributed by atoms with Gasteiger partial charge in [-0.1, -0.05) is 41.9 Å². The average Bonchev–Trinajstić information content (AvgIpc) is 2.88. The molecule has 0 aliphatic heterocycles. The first-order valence-electron chi connectivity index (χ1n) is 9.82. The molecular formula is C24H16ClFN4O4. The summed E-state index contributed by atoms with van der Waals surface area (Å²) in [5.74, 6) is -0.547. The van der Waals surface area contributed by atoms with Crippen molar-refractivity contribution in [1.29, 1.82) is 0 Å². The Hall–Kier alpha value is -4.24. The van der Waals surface area contributed by atoms with Crippen LogP contribution in [0.3, 0.4) is 0 Å². The Morgan fingerprint density at radius 2 is 1.24 bits per heavy atom. The van der Waals surface area contributed by atoms with Crippen LogP contribution in [0.25, 0.3) is 33.6 Å². The minimum absolute atomic E-state index is 0.00990. The first kappa shape index (κ1) is 22.9. The summed E-state index contributed by atoms with van der Waals surface area (Å²) in [5, 5.41) is 0.230. The highest BCUT2D eigenvalue weighted by Crippen LogP contribution is 2.39. The number of carbonyl (C=O) groups is 2. The molecule has 0 saturated carbocycles. The van der Waals surface area contributed by atoms with Crippen LogP contribution in [-0.2, 0) is 0 Å². The van der Waals surface area contributed by atoms with E-state index in [4.69, 9.17) is 21.1 Å². The molecule has 2 aromatic heterocycles. The van der Waals surface area contributed by atoms with Crippen LogP contribution in [0, 0.1) is 5.82 Å². The Balaban J connectivity index is 1.83. The monoisotopic (exact) mass is 478 g/mol. The van der Waals surface area contributed by atoms with Gasteiger partial charge in [-0.15, -0.1) is 0 Å². The summed E-state index contributed by atoms with van der Waals surface area (Å²) in [5.41, 5.74) is 1.85. The Kier molecular flexibility index (Phi) is 6.55. The Morgan fingerprint density at radius 3 is 1.76 bits per heavy atom. The molecular weight excluding hydrogens is 463 g/mol. The zero-order valence-electron chi connectivity index (χ0n) is 18.0. The average molecular weight is 479 g/mol. The molecule has 0 aliphatic carbocycles. The smallest absolute Gasteiger partial charge is 0.243 e. The number of halogens is 2. The van der Waals surface area contributed by atoms with Crippen LogP contribution in [0.5, 0.6) is 11.8 Å². The summed E-state index contributed by atoms with van der Waals surface area (Å²) in [6, 6.07) is 9.84. The molecule has 170 valence electrons. The number of rotatable bonds is 7. The molecule has 0 unspecified atom stereocenters. The highest BCUT2D eigenvalue weighted by molar-refractivity contribution is 6.36. The van der Waals surface area contributed by atoms with E-state index in [0.717, 1.165) is 0 Å². The van der Waals surface area contributed by atoms with Gasteiger partial charge in [0, 0.05) is 22.3 Å². The van der Waals surface area contributed by atoms with Gasteiger partial charge in [-0.05, 0) is 6.07 Å². The maximum absolute atomic E-state index is 15.7. The van der Waals surface area contributed by atoms with E-state index in [9.17, 15) is 9.59 Å². The number of ether oxygens (including phenoxy) is 2. The molecule has 4 rings (SSSR count). The lowest BCUT2D eigenvalue weighted by Crippen LogP contribution is -2.01. The number of carbonyl (C=O) groups excluding carboxylic acids is 2. The standard InChI is InChI=1S/C24H16ClFN4O4/c1-33-23-19(11-31)27-9-17(29-23)15-7-3-5-13(21(15)25)14-6-4-8-16(22(14)26)18-10-28-20(12-32)24(30-18)34-2/h3-12H,1-2H3. The van der Waals surface area contributed by atoms with Crippen LogP contribution in [0.1, 0.15) is 21.0 Å². The normalized spacial score (nSPS) is 10.6. The molecule has 8 nitrogen and oxygen atoms in total. The maximum atomic E-state index is 15.7. The fourth-order valence-corrected chi connectivity index (χ4v) is 3.68. The van der Waals surface area contributed by atoms with E-state index in [1.54, 1.807) is 30.3 Å². The van der Waals surface area contributed by atoms with Crippen LogP contribution in [0.15, 0.2) is 48.8 Å². The van der Waals surface area contributed by atoms with Crippen LogP contribution < -0.4 is 9.47 Å². The molecule has 0 fully saturated rings. The molecule has 10 heteroatoms. The van der Waals surface area contributed by atoms with E-state index in [-0.39, 0.29) is 45.0 Å². The van der Waals surface area contributed by atoms with Gasteiger partial charge in [0.25, 0.3) is 0 Å². The largest absolute Gasteiger partial charge is 0.479 e. The van der Waals surface area contributed by atoms with Crippen molar-refractivity contribution in [2.24, 2.45) is 0 Å². The first-order valence-corrected chi connectivity index (χ1v) is 10.2. The molecule has 0 bridgehead atoms. The zero-order valence-corrected chi connectivity index (χ0v) is 18.7. The zero-order chi connectivity index (χ0) is 24.2. The SMILES string of the molecule is COc1nc(-c2cccc(-c3cccc(-c4cnc(C=O)c(OC)n4)c3Cl)c2F)cnc1C=O. The van der Waals surface area contributed by atoms with Crippen molar-refractivity contribution in [2.75, 3.05) is 14.2 Å². The molecule has 0 saturated heterocycles. The van der Waals surface area contributed by atoms with Gasteiger partial charge in [0.05, 0.1) is 43.0 Å². The lowest BCUT2D eigenvalue weighted by atomic mass is 9.98. The fourth-order valence-electron chi connectivity index (χ4n) is 3.36. The van der Waals surface area contributed by atoms with Crippen molar-refractivity contribution in [3.05, 3.63) is 71.0 Å². The van der Waals surface area contributed by atoms with E-state index in [1.807, 2.05) is 0 Å². The number of benzene rings is 2. The van der Waals surface area contributed by atoms with Crippen LogP contribution in [-0.4, -0.2) is 46.7 Å². The third-order valence-electron chi connectivity index (χ3n) is 4.98. The fraction of sp³-hybridized carbons (Fsp3) is 0.0833. The van der Waals surface area contributed by atoms with E-state index < -0.39 is 5.82 Å². The van der Waals surface area contributed by atoms with E-state index in [2.05, 4.69) is 19.9 Å². The first-order chi connectivity index (χ1) is 16.5. The van der Waals surface area contributed by atoms with Gasteiger partial charge in [-0.25, -0.2) is 24.3 Å². The molecule has 4 aromatic rings. The summed E-state index contributed by atoms with van der Waals surface area (Å²) in [6.45, 7) is 0. The Morgan fingerprint density at radius 1 is 0.765 bits per heavy atom. The van der Waals surface area contributed by atoms with Crippen LogP contribution in [0.2, 0.25) is 5.02 Å². The molecule has 2 heterocycles. The molecule has 0 spiro atoms. The van der Waals surface area contributed by atoms with E-state index >= 15 is 4.39 Å². The third-order valence-corrected chi connectivity index (χ3v) is 5.39. The quantitative estimate of drug-likeness (QED) is 0.352. The van der Waals surface area contributed by atoms with Crippen molar-refractivity contribution in [3.8, 4) is 45.4 Å². The van der Waals surface area contributed by atoms with Crippen molar-refractivity contribution >= 4 is 24.2 Å². The Bertz CT molecular complexity index is 1310. The third kappa shape index (κ3) is 4.08. The molecule has 0 atom stereocenters. The van der Waals surface area contributed by atoms with Gasteiger partial charge in [-0.2, -0.15) is 0 Å². The molecule has 2 aromatic carbocycles. The lowest BCUT2D eigenvalue weighted by Gasteiger charge is -2.13. The van der Waals surface area contributed by atoms with Gasteiger partial charge in [0.15, 0.2) is 24.0 Å². The van der Waals surface area contributed by atoms with Crippen LogP contribution >= 0.6 is 11.6 Å². The number of aldehydes is 2. The Labute approximate surface area is 198 Å². The van der Waals surface area contributed by atoms with Crippen molar-refractivity contribution in [3.63, 3.8) is 0 Å². The molecule has 34 heavy (non-hydrogen) atoms. The van der Waals surface area contributed by atoms with Crippen molar-refractivity contribution in [2.45, 2.75) is 0 Å². The van der Waals surface area contributed by atoms with Crippen molar-refractivity contribution < 1.29 is 23.5 Å². The van der Waals surface area contributed by atoms with E-state index in [1.165, 1.54) is 32.7 Å². The number of aromatic nitrogens is 4. The highest BCUT2D eigenvalue weighted by Gasteiger charge is 2.19.